The predicted molar refractivity (Wildman–Crippen MR) is 77.4 cm³/mol. The number of carbonyl (C=O) groups is 1. The van der Waals surface area contributed by atoms with Gasteiger partial charge in [0.2, 0.25) is 5.91 Å². The fourth-order valence-corrected chi connectivity index (χ4v) is 2.97. The SMILES string of the molecule is O=C(CNCC1CCCO1)N1CCc2ccccc2C1. The molecule has 4 nitrogen and oxygen atoms in total. The third kappa shape index (κ3) is 3.19. The van der Waals surface area contributed by atoms with Gasteiger partial charge in [-0.2, -0.15) is 0 Å². The smallest absolute Gasteiger partial charge is 0.236 e. The quantitative estimate of drug-likeness (QED) is 0.901. The van der Waals surface area contributed by atoms with E-state index < -0.39 is 0 Å². The zero-order chi connectivity index (χ0) is 13.8. The summed E-state index contributed by atoms with van der Waals surface area (Å²) in [7, 11) is 0. The molecule has 1 atom stereocenters. The highest BCUT2D eigenvalue weighted by molar-refractivity contribution is 5.78. The molecule has 1 saturated heterocycles. The Bertz CT molecular complexity index is 469. The van der Waals surface area contributed by atoms with Crippen LogP contribution in [0, 0.1) is 0 Å². The van der Waals surface area contributed by atoms with Crippen LogP contribution in [-0.4, -0.2) is 43.2 Å². The zero-order valence-corrected chi connectivity index (χ0v) is 11.8. The monoisotopic (exact) mass is 274 g/mol. The molecule has 1 fully saturated rings. The van der Waals surface area contributed by atoms with E-state index in [1.54, 1.807) is 0 Å². The maximum Gasteiger partial charge on any atom is 0.236 e. The number of hydrogen-bond donors (Lipinski definition) is 1. The van der Waals surface area contributed by atoms with E-state index in [2.05, 4.69) is 23.5 Å². The van der Waals surface area contributed by atoms with Gasteiger partial charge in [0.15, 0.2) is 0 Å². The van der Waals surface area contributed by atoms with Crippen LogP contribution in [0.15, 0.2) is 24.3 Å². The van der Waals surface area contributed by atoms with E-state index in [0.29, 0.717) is 12.6 Å². The summed E-state index contributed by atoms with van der Waals surface area (Å²) >= 11 is 0. The highest BCUT2D eigenvalue weighted by Gasteiger charge is 2.20. The molecule has 0 saturated carbocycles. The molecule has 0 aromatic heterocycles. The van der Waals surface area contributed by atoms with E-state index >= 15 is 0 Å². The highest BCUT2D eigenvalue weighted by atomic mass is 16.5. The normalized spacial score (nSPS) is 21.8. The van der Waals surface area contributed by atoms with Crippen LogP contribution in [0.1, 0.15) is 24.0 Å². The lowest BCUT2D eigenvalue weighted by molar-refractivity contribution is -0.131. The van der Waals surface area contributed by atoms with Crippen LogP contribution in [0.2, 0.25) is 0 Å². The van der Waals surface area contributed by atoms with E-state index in [1.165, 1.54) is 11.1 Å². The number of rotatable bonds is 4. The number of hydrogen-bond acceptors (Lipinski definition) is 3. The number of fused-ring (bicyclic) bond motifs is 1. The van der Waals surface area contributed by atoms with Crippen LogP contribution in [0.5, 0.6) is 0 Å². The average Bonchev–Trinajstić information content (AvgIpc) is 3.00. The van der Waals surface area contributed by atoms with Crippen molar-refractivity contribution in [2.45, 2.75) is 31.9 Å². The molecule has 0 spiro atoms. The number of amides is 1. The van der Waals surface area contributed by atoms with E-state index in [1.807, 2.05) is 11.0 Å². The lowest BCUT2D eigenvalue weighted by Gasteiger charge is -2.29. The van der Waals surface area contributed by atoms with Crippen LogP contribution in [0.3, 0.4) is 0 Å². The van der Waals surface area contributed by atoms with E-state index in [4.69, 9.17) is 4.74 Å². The molecular weight excluding hydrogens is 252 g/mol. The molecule has 0 aliphatic carbocycles. The summed E-state index contributed by atoms with van der Waals surface area (Å²) < 4.78 is 5.54. The van der Waals surface area contributed by atoms with E-state index in [-0.39, 0.29) is 5.91 Å². The van der Waals surface area contributed by atoms with Gasteiger partial charge in [-0.05, 0) is 30.4 Å². The lowest BCUT2D eigenvalue weighted by atomic mass is 10.00. The largest absolute Gasteiger partial charge is 0.377 e. The van der Waals surface area contributed by atoms with Gasteiger partial charge in [-0.3, -0.25) is 4.79 Å². The third-order valence-corrected chi connectivity index (χ3v) is 4.16. The number of nitrogens with zero attached hydrogens (tertiary/aromatic N) is 1. The van der Waals surface area contributed by atoms with Crippen molar-refractivity contribution in [2.75, 3.05) is 26.2 Å². The Morgan fingerprint density at radius 2 is 2.20 bits per heavy atom. The molecule has 4 heteroatoms. The second-order valence-electron chi connectivity index (χ2n) is 5.60. The van der Waals surface area contributed by atoms with Gasteiger partial charge in [0.1, 0.15) is 0 Å². The molecule has 1 aromatic rings. The minimum atomic E-state index is 0.192. The minimum Gasteiger partial charge on any atom is -0.377 e. The Morgan fingerprint density at radius 3 is 3.00 bits per heavy atom. The molecule has 2 heterocycles. The Hall–Kier alpha value is -1.39. The molecule has 0 bridgehead atoms. The summed E-state index contributed by atoms with van der Waals surface area (Å²) in [5.41, 5.74) is 2.66. The van der Waals surface area contributed by atoms with Crippen LogP contribution in [0.25, 0.3) is 0 Å². The topological polar surface area (TPSA) is 41.6 Å². The molecule has 1 aromatic carbocycles. The van der Waals surface area contributed by atoms with Gasteiger partial charge < -0.3 is 15.0 Å². The van der Waals surface area contributed by atoms with Crippen molar-refractivity contribution in [3.63, 3.8) is 0 Å². The van der Waals surface area contributed by atoms with Crippen LogP contribution in [-0.2, 0) is 22.5 Å². The van der Waals surface area contributed by atoms with Crippen molar-refractivity contribution in [1.29, 1.82) is 0 Å². The second-order valence-corrected chi connectivity index (χ2v) is 5.60. The second kappa shape index (κ2) is 6.37. The summed E-state index contributed by atoms with van der Waals surface area (Å²) in [5.74, 6) is 0.192. The summed E-state index contributed by atoms with van der Waals surface area (Å²) in [6.45, 7) is 3.65. The maximum absolute atomic E-state index is 12.2. The Morgan fingerprint density at radius 1 is 1.35 bits per heavy atom. The fraction of sp³-hybridized carbons (Fsp3) is 0.562. The van der Waals surface area contributed by atoms with Gasteiger partial charge in [0.05, 0.1) is 12.6 Å². The van der Waals surface area contributed by atoms with Gasteiger partial charge in [0.25, 0.3) is 0 Å². The molecule has 0 radical (unpaired) electrons. The lowest BCUT2D eigenvalue weighted by Crippen LogP contribution is -2.42. The summed E-state index contributed by atoms with van der Waals surface area (Å²) in [4.78, 5) is 14.2. The van der Waals surface area contributed by atoms with Crippen molar-refractivity contribution in [3.05, 3.63) is 35.4 Å². The molecular formula is C16H22N2O2. The Kier molecular flexibility index (Phi) is 4.33. The first-order chi connectivity index (χ1) is 9.83. The molecule has 3 rings (SSSR count). The Balaban J connectivity index is 1.46. The van der Waals surface area contributed by atoms with Gasteiger partial charge in [0, 0.05) is 26.2 Å². The van der Waals surface area contributed by atoms with Crippen molar-refractivity contribution in [2.24, 2.45) is 0 Å². The van der Waals surface area contributed by atoms with Gasteiger partial charge in [-0.15, -0.1) is 0 Å². The first kappa shape index (κ1) is 13.6. The van der Waals surface area contributed by atoms with E-state index in [9.17, 15) is 4.79 Å². The number of nitrogens with one attached hydrogen (secondary N) is 1. The van der Waals surface area contributed by atoms with Gasteiger partial charge in [-0.25, -0.2) is 0 Å². The maximum atomic E-state index is 12.2. The standard InChI is InChI=1S/C16H22N2O2/c19-16(11-17-10-15-6-3-9-20-15)18-8-7-13-4-1-2-5-14(13)12-18/h1-2,4-5,15,17H,3,6-12H2. The van der Waals surface area contributed by atoms with Crippen molar-refractivity contribution >= 4 is 5.91 Å². The van der Waals surface area contributed by atoms with Crippen molar-refractivity contribution in [1.82, 2.24) is 10.2 Å². The molecule has 20 heavy (non-hydrogen) atoms. The van der Waals surface area contributed by atoms with Crippen LogP contribution >= 0.6 is 0 Å². The fourth-order valence-electron chi connectivity index (χ4n) is 2.97. The third-order valence-electron chi connectivity index (χ3n) is 4.16. The highest BCUT2D eigenvalue weighted by Crippen LogP contribution is 2.18. The molecule has 2 aliphatic rings. The van der Waals surface area contributed by atoms with Gasteiger partial charge >= 0.3 is 0 Å². The van der Waals surface area contributed by atoms with Crippen LogP contribution < -0.4 is 5.32 Å². The molecule has 1 N–H and O–H groups in total. The molecule has 108 valence electrons. The number of benzene rings is 1. The Labute approximate surface area is 120 Å². The van der Waals surface area contributed by atoms with Crippen LogP contribution in [0.4, 0.5) is 0 Å². The molecule has 1 unspecified atom stereocenters. The summed E-state index contributed by atoms with van der Waals surface area (Å²) in [6.07, 6.45) is 3.51. The number of carbonyl (C=O) groups excluding carboxylic acids is 1. The van der Waals surface area contributed by atoms with E-state index in [0.717, 1.165) is 45.5 Å². The molecule has 1 amide bonds. The average molecular weight is 274 g/mol. The first-order valence-electron chi connectivity index (χ1n) is 7.50. The predicted octanol–water partition coefficient (Wildman–Crippen LogP) is 1.34. The summed E-state index contributed by atoms with van der Waals surface area (Å²) in [6, 6.07) is 8.39. The van der Waals surface area contributed by atoms with Crippen molar-refractivity contribution in [3.8, 4) is 0 Å². The molecule has 2 aliphatic heterocycles. The number of ether oxygens (including phenoxy) is 1. The van der Waals surface area contributed by atoms with Gasteiger partial charge in [-0.1, -0.05) is 24.3 Å². The zero-order valence-electron chi connectivity index (χ0n) is 11.8. The summed E-state index contributed by atoms with van der Waals surface area (Å²) in [5, 5.41) is 3.23. The van der Waals surface area contributed by atoms with Crippen molar-refractivity contribution < 1.29 is 9.53 Å². The first-order valence-corrected chi connectivity index (χ1v) is 7.50. The minimum absolute atomic E-state index is 0.192.